The number of nitrogens with two attached hydrogens (primary N) is 1. The van der Waals surface area contributed by atoms with Gasteiger partial charge in [-0.15, -0.1) is 0 Å². The predicted octanol–water partition coefficient (Wildman–Crippen LogP) is -1.21. The molecule has 0 saturated heterocycles. The van der Waals surface area contributed by atoms with Crippen LogP contribution in [0.2, 0.25) is 5.02 Å². The summed E-state index contributed by atoms with van der Waals surface area (Å²) in [7, 11) is 0. The van der Waals surface area contributed by atoms with Crippen molar-refractivity contribution in [2.75, 3.05) is 0 Å². The molecule has 0 saturated carbocycles. The van der Waals surface area contributed by atoms with E-state index < -0.39 is 4.92 Å². The lowest BCUT2D eigenvalue weighted by atomic mass is 10.2. The number of nitrogen functional groups attached to an aromatic ring is 1. The average molecular weight is 328 g/mol. The smallest absolute Gasteiger partial charge is 0.296 e. The predicted molar refractivity (Wildman–Crippen MR) is 73.6 cm³/mol. The maximum Gasteiger partial charge on any atom is 0.296 e. The number of non-ortho nitro benzene ring substituents is 1. The van der Waals surface area contributed by atoms with Crippen LogP contribution in [0.3, 0.4) is 0 Å². The zero-order valence-corrected chi connectivity index (χ0v) is 12.1. The molecule has 0 unspecified atom stereocenters. The summed E-state index contributed by atoms with van der Waals surface area (Å²) in [4.78, 5) is 21.8. The molecule has 0 aliphatic carbocycles. The molecule has 1 amide bonds. The van der Waals surface area contributed by atoms with Crippen LogP contribution in [0.1, 0.15) is 10.4 Å². The van der Waals surface area contributed by atoms with E-state index in [-0.39, 0.29) is 24.0 Å². The first kappa shape index (κ1) is 16.9. The second kappa shape index (κ2) is 7.58. The number of nitrogens with zero attached hydrogens (tertiary/aromatic N) is 1. The number of benzene rings is 2. The van der Waals surface area contributed by atoms with Crippen LogP contribution in [-0.4, -0.2) is 10.8 Å². The lowest BCUT2D eigenvalue weighted by Gasteiger charge is -2.03. The molecule has 0 aliphatic rings. The summed E-state index contributed by atoms with van der Waals surface area (Å²) in [5.41, 5.74) is 5.24. The van der Waals surface area contributed by atoms with Gasteiger partial charge in [0.2, 0.25) is 0 Å². The van der Waals surface area contributed by atoms with Gasteiger partial charge in [-0.3, -0.25) is 14.9 Å². The van der Waals surface area contributed by atoms with Crippen molar-refractivity contribution in [1.82, 2.24) is 5.43 Å². The topological polar surface area (TPSA) is 88.8 Å². The zero-order chi connectivity index (χ0) is 14.5. The Morgan fingerprint density at radius 1 is 1.10 bits per heavy atom. The second-order valence-electron chi connectivity index (χ2n) is 3.97. The standard InChI is InChI=1S/C13H10ClN3O3.ClH/c14-10-3-1-9(2-4-10)13(18)16-15-11-5-7-12(8-6-11)17(19)20;/h1-8,15H,(H,16,18);1H. The van der Waals surface area contributed by atoms with Crippen LogP contribution in [0.5, 0.6) is 0 Å². The number of carbonyl (C=O) groups is 1. The Bertz CT molecular complexity index is 630. The quantitative estimate of drug-likeness (QED) is 0.243. The Labute approximate surface area is 131 Å². The van der Waals surface area contributed by atoms with Crippen molar-refractivity contribution in [3.8, 4) is 0 Å². The van der Waals surface area contributed by atoms with Gasteiger partial charge in [-0.05, 0) is 24.3 Å². The monoisotopic (exact) mass is 327 g/mol. The third-order valence-corrected chi connectivity index (χ3v) is 2.83. The fourth-order valence-electron chi connectivity index (χ4n) is 1.53. The van der Waals surface area contributed by atoms with E-state index in [1.807, 2.05) is 0 Å². The number of amides is 1. The van der Waals surface area contributed by atoms with Crippen molar-refractivity contribution in [2.45, 2.75) is 0 Å². The summed E-state index contributed by atoms with van der Waals surface area (Å²) < 4.78 is 0. The summed E-state index contributed by atoms with van der Waals surface area (Å²) in [6.45, 7) is 0. The molecule has 3 N–H and O–H groups in total. The number of hydrogen-bond donors (Lipinski definition) is 2. The van der Waals surface area contributed by atoms with Gasteiger partial charge < -0.3 is 12.4 Å². The third kappa shape index (κ3) is 4.71. The number of nitrogens with one attached hydrogen (secondary N) is 1. The van der Waals surface area contributed by atoms with Gasteiger partial charge in [-0.25, -0.2) is 5.43 Å². The molecule has 8 heteroatoms. The Balaban J connectivity index is 0.00000220. The van der Waals surface area contributed by atoms with E-state index in [9.17, 15) is 14.9 Å². The van der Waals surface area contributed by atoms with Crippen LogP contribution in [0.4, 0.5) is 11.4 Å². The maximum absolute atomic E-state index is 11.8. The van der Waals surface area contributed by atoms with E-state index in [4.69, 9.17) is 11.6 Å². The highest BCUT2D eigenvalue weighted by Crippen LogP contribution is 2.12. The minimum atomic E-state index is -0.476. The van der Waals surface area contributed by atoms with E-state index in [2.05, 4.69) is 5.43 Å². The van der Waals surface area contributed by atoms with Gasteiger partial charge in [0.05, 0.1) is 4.92 Å². The van der Waals surface area contributed by atoms with E-state index >= 15 is 0 Å². The van der Waals surface area contributed by atoms with E-state index in [1.165, 1.54) is 17.6 Å². The molecule has 2 aromatic carbocycles. The highest BCUT2D eigenvalue weighted by atomic mass is 35.5. The molecule has 2 aromatic rings. The van der Waals surface area contributed by atoms with Crippen molar-refractivity contribution in [3.05, 3.63) is 69.2 Å². The molecule has 21 heavy (non-hydrogen) atoms. The number of hydrogen-bond acceptors (Lipinski definition) is 3. The molecule has 0 bridgehead atoms. The number of nitro groups is 1. The largest absolute Gasteiger partial charge is 1.00 e. The molecule has 110 valence electrons. The van der Waals surface area contributed by atoms with E-state index in [0.29, 0.717) is 16.3 Å². The molecule has 6 nitrogen and oxygen atoms in total. The third-order valence-electron chi connectivity index (χ3n) is 2.58. The molecular weight excluding hydrogens is 317 g/mol. The Kier molecular flexibility index (Phi) is 6.10. The Hall–Kier alpha value is -2.15. The Morgan fingerprint density at radius 2 is 1.67 bits per heavy atom. The molecule has 0 aliphatic heterocycles. The van der Waals surface area contributed by atoms with Gasteiger partial charge in [0.15, 0.2) is 5.69 Å². The zero-order valence-electron chi connectivity index (χ0n) is 10.6. The fourth-order valence-corrected chi connectivity index (χ4v) is 1.65. The van der Waals surface area contributed by atoms with Gasteiger partial charge in [-0.2, -0.15) is 5.43 Å². The minimum Gasteiger partial charge on any atom is -1.00 e. The molecule has 2 rings (SSSR count). The van der Waals surface area contributed by atoms with Gasteiger partial charge >= 0.3 is 0 Å². The lowest BCUT2D eigenvalue weighted by molar-refractivity contribution is -0.618. The molecule has 0 heterocycles. The van der Waals surface area contributed by atoms with Crippen LogP contribution >= 0.6 is 11.6 Å². The number of rotatable bonds is 4. The summed E-state index contributed by atoms with van der Waals surface area (Å²) in [5, 5.41) is 11.1. The van der Waals surface area contributed by atoms with Crippen molar-refractivity contribution in [3.63, 3.8) is 0 Å². The van der Waals surface area contributed by atoms with Crippen LogP contribution in [0.25, 0.3) is 0 Å². The maximum atomic E-state index is 11.8. The highest BCUT2D eigenvalue weighted by molar-refractivity contribution is 6.30. The normalized spacial score (nSPS) is 9.57. The first-order chi connectivity index (χ1) is 9.56. The van der Waals surface area contributed by atoms with E-state index in [1.54, 1.807) is 36.4 Å². The Morgan fingerprint density at radius 3 is 2.19 bits per heavy atom. The first-order valence-corrected chi connectivity index (χ1v) is 6.08. The van der Waals surface area contributed by atoms with Crippen molar-refractivity contribution >= 4 is 28.9 Å². The SMILES string of the molecule is O=C(N[NH2+]c1ccc([N+](=O)[O-])cc1)c1ccc(Cl)cc1.[Cl-]. The van der Waals surface area contributed by atoms with Gasteiger partial charge in [-0.1, -0.05) is 11.6 Å². The number of halogens is 2. The molecule has 0 atom stereocenters. The van der Waals surface area contributed by atoms with Crippen molar-refractivity contribution in [1.29, 1.82) is 0 Å². The van der Waals surface area contributed by atoms with Crippen molar-refractivity contribution < 1.29 is 27.6 Å². The van der Waals surface area contributed by atoms with E-state index in [0.717, 1.165) is 0 Å². The molecule has 0 spiro atoms. The van der Waals surface area contributed by atoms with Gasteiger partial charge in [0, 0.05) is 34.9 Å². The average Bonchev–Trinajstić information content (AvgIpc) is 2.46. The first-order valence-electron chi connectivity index (χ1n) is 5.70. The van der Waals surface area contributed by atoms with Gasteiger partial charge in [0.1, 0.15) is 0 Å². The summed E-state index contributed by atoms with van der Waals surface area (Å²) in [6, 6.07) is 12.3. The number of nitro benzene ring substituents is 1. The van der Waals surface area contributed by atoms with Crippen LogP contribution in [0, 0.1) is 10.1 Å². The second-order valence-corrected chi connectivity index (χ2v) is 4.41. The lowest BCUT2D eigenvalue weighted by Crippen LogP contribution is -3.00. The molecule has 0 fully saturated rings. The molecule has 0 radical (unpaired) electrons. The number of quaternary nitrogens is 1. The molecule has 0 aromatic heterocycles. The summed E-state index contributed by atoms with van der Waals surface area (Å²) >= 11 is 5.74. The van der Waals surface area contributed by atoms with Crippen molar-refractivity contribution in [2.24, 2.45) is 0 Å². The minimum absolute atomic E-state index is 0. The number of carbonyl (C=O) groups excluding carboxylic acids is 1. The molecular formula is C13H11Cl2N3O3. The highest BCUT2D eigenvalue weighted by Gasteiger charge is 2.09. The fraction of sp³-hybridized carbons (Fsp3) is 0. The van der Waals surface area contributed by atoms with Gasteiger partial charge in [0.25, 0.3) is 11.6 Å². The summed E-state index contributed by atoms with van der Waals surface area (Å²) in [5.74, 6) is -0.278. The van der Waals surface area contributed by atoms with Crippen LogP contribution in [0.15, 0.2) is 48.5 Å². The van der Waals surface area contributed by atoms with Crippen LogP contribution < -0.4 is 23.3 Å². The summed E-state index contributed by atoms with van der Waals surface area (Å²) in [6.07, 6.45) is 0. The van der Waals surface area contributed by atoms with Crippen LogP contribution in [-0.2, 0) is 0 Å².